The summed E-state index contributed by atoms with van der Waals surface area (Å²) >= 11 is 0. The fourth-order valence-electron chi connectivity index (χ4n) is 2.81. The van der Waals surface area contributed by atoms with Crippen molar-refractivity contribution in [2.24, 2.45) is 0 Å². The molecule has 0 N–H and O–H groups in total. The van der Waals surface area contributed by atoms with Crippen molar-refractivity contribution in [3.8, 4) is 11.5 Å². The van der Waals surface area contributed by atoms with Gasteiger partial charge in [0.05, 0.1) is 9.85 Å². The summed E-state index contributed by atoms with van der Waals surface area (Å²) < 4.78 is 10.7. The molecule has 0 aliphatic rings. The van der Waals surface area contributed by atoms with Crippen molar-refractivity contribution in [1.82, 2.24) is 0 Å². The number of nitrogens with zero attached hydrogens (tertiary/aromatic N) is 2. The van der Waals surface area contributed by atoms with Gasteiger partial charge in [-0.3, -0.25) is 20.2 Å². The number of nitro benzene ring substituents is 2. The van der Waals surface area contributed by atoms with E-state index in [1.54, 1.807) is 0 Å². The Bertz CT molecular complexity index is 922. The van der Waals surface area contributed by atoms with Crippen LogP contribution < -0.4 is 9.47 Å². The number of ether oxygens (including phenoxy) is 2. The third-order valence-electron chi connectivity index (χ3n) is 4.35. The largest absolute Gasteiger partial charge is 0.519 e. The summed E-state index contributed by atoms with van der Waals surface area (Å²) in [5, 5.41) is 22.2. The van der Waals surface area contributed by atoms with Crippen LogP contribution in [0.4, 0.5) is 16.2 Å². The molecule has 0 spiro atoms. The van der Waals surface area contributed by atoms with Gasteiger partial charge in [-0.25, -0.2) is 4.79 Å². The second-order valence-corrected chi connectivity index (χ2v) is 8.83. The second-order valence-electron chi connectivity index (χ2n) is 8.83. The number of benzene rings is 2. The van der Waals surface area contributed by atoms with Gasteiger partial charge in [0.15, 0.2) is 0 Å². The minimum atomic E-state index is -1.05. The number of hydrogen-bond donors (Lipinski definition) is 0. The number of non-ortho nitro benzene ring substituents is 2. The van der Waals surface area contributed by atoms with E-state index in [1.807, 2.05) is 41.5 Å². The van der Waals surface area contributed by atoms with Gasteiger partial charge in [-0.1, -0.05) is 41.5 Å². The molecule has 0 unspecified atom stereocenters. The number of carbonyl (C=O) groups excluding carboxylic acids is 1. The van der Waals surface area contributed by atoms with Crippen LogP contribution >= 0.6 is 0 Å². The minimum absolute atomic E-state index is 0.119. The van der Waals surface area contributed by atoms with Crippen molar-refractivity contribution in [2.75, 3.05) is 0 Å². The average Bonchev–Trinajstić information content (AvgIpc) is 2.60. The highest BCUT2D eigenvalue weighted by molar-refractivity contribution is 5.69. The van der Waals surface area contributed by atoms with Crippen LogP contribution in [0.1, 0.15) is 52.7 Å². The molecule has 0 saturated heterocycles. The first kappa shape index (κ1) is 22.8. The zero-order chi connectivity index (χ0) is 22.9. The van der Waals surface area contributed by atoms with Gasteiger partial charge in [-0.2, -0.15) is 0 Å². The fourth-order valence-corrected chi connectivity index (χ4v) is 2.81. The van der Waals surface area contributed by atoms with Crippen LogP contribution in [-0.2, 0) is 10.8 Å². The molecule has 0 aromatic heterocycles. The molecule has 0 bridgehead atoms. The van der Waals surface area contributed by atoms with Gasteiger partial charge in [0.2, 0.25) is 0 Å². The van der Waals surface area contributed by atoms with E-state index < -0.39 is 26.8 Å². The van der Waals surface area contributed by atoms with Gasteiger partial charge in [-0.15, -0.1) is 0 Å². The molecular weight excluding hydrogens is 392 g/mol. The Labute approximate surface area is 173 Å². The number of carbonyl (C=O) groups is 1. The number of hydrogen-bond acceptors (Lipinski definition) is 7. The number of rotatable bonds is 4. The summed E-state index contributed by atoms with van der Waals surface area (Å²) in [6.45, 7) is 11.0. The zero-order valence-corrected chi connectivity index (χ0v) is 17.7. The maximum atomic E-state index is 12.5. The highest BCUT2D eigenvalue weighted by atomic mass is 16.7. The third-order valence-corrected chi connectivity index (χ3v) is 4.35. The molecule has 2 rings (SSSR count). The van der Waals surface area contributed by atoms with E-state index in [4.69, 9.17) is 9.47 Å². The Morgan fingerprint density at radius 3 is 1.33 bits per heavy atom. The van der Waals surface area contributed by atoms with Gasteiger partial charge in [-0.05, 0) is 23.0 Å². The summed E-state index contributed by atoms with van der Waals surface area (Å²) in [6, 6.07) is 7.89. The van der Waals surface area contributed by atoms with E-state index in [-0.39, 0.29) is 22.9 Å². The third kappa shape index (κ3) is 5.31. The average molecular weight is 416 g/mol. The summed E-state index contributed by atoms with van der Waals surface area (Å²) in [6.07, 6.45) is -1.05. The monoisotopic (exact) mass is 416 g/mol. The molecule has 0 saturated carbocycles. The molecule has 9 heteroatoms. The van der Waals surface area contributed by atoms with Crippen LogP contribution in [0.5, 0.6) is 11.5 Å². The summed E-state index contributed by atoms with van der Waals surface area (Å²) in [5.41, 5.74) is -0.379. The molecule has 2 aromatic rings. The predicted octanol–water partition coefficient (Wildman–Crippen LogP) is 5.68. The zero-order valence-electron chi connectivity index (χ0n) is 17.7. The van der Waals surface area contributed by atoms with Crippen molar-refractivity contribution in [1.29, 1.82) is 0 Å². The van der Waals surface area contributed by atoms with Gasteiger partial charge < -0.3 is 9.47 Å². The van der Waals surface area contributed by atoms with E-state index in [0.29, 0.717) is 11.1 Å². The first-order chi connectivity index (χ1) is 13.7. The van der Waals surface area contributed by atoms with Crippen molar-refractivity contribution in [2.45, 2.75) is 52.4 Å². The molecule has 0 fully saturated rings. The molecule has 0 aliphatic heterocycles. The maximum Gasteiger partial charge on any atom is 0.519 e. The smallest absolute Gasteiger partial charge is 0.394 e. The molecule has 9 nitrogen and oxygen atoms in total. The van der Waals surface area contributed by atoms with Gasteiger partial charge in [0.25, 0.3) is 11.4 Å². The normalized spacial score (nSPS) is 11.7. The highest BCUT2D eigenvalue weighted by Crippen LogP contribution is 2.36. The molecular formula is C21H24N2O7. The Kier molecular flexibility index (Phi) is 6.15. The number of nitro groups is 2. The van der Waals surface area contributed by atoms with Crippen molar-refractivity contribution in [3.63, 3.8) is 0 Å². The van der Waals surface area contributed by atoms with Crippen molar-refractivity contribution in [3.05, 3.63) is 67.8 Å². The summed E-state index contributed by atoms with van der Waals surface area (Å²) in [4.78, 5) is 33.6. The minimum Gasteiger partial charge on any atom is -0.394 e. The Morgan fingerprint density at radius 1 is 0.733 bits per heavy atom. The standard InChI is InChI=1S/C21H24N2O7/c1-20(2,3)15-11-13(22(25)26)7-9-17(15)29-19(24)30-18-10-8-14(23(27)28)12-16(18)21(4,5)6/h7-12H,1-6H3. The van der Waals surface area contributed by atoms with Crippen LogP contribution in [0.25, 0.3) is 0 Å². The lowest BCUT2D eigenvalue weighted by Gasteiger charge is -2.23. The van der Waals surface area contributed by atoms with E-state index in [0.717, 1.165) is 0 Å². The van der Waals surface area contributed by atoms with Crippen LogP contribution in [0.2, 0.25) is 0 Å². The lowest BCUT2D eigenvalue weighted by Crippen LogP contribution is -2.21. The Balaban J connectivity index is 2.37. The molecule has 0 atom stereocenters. The van der Waals surface area contributed by atoms with Crippen molar-refractivity contribution < 1.29 is 24.1 Å². The maximum absolute atomic E-state index is 12.5. The van der Waals surface area contributed by atoms with Crippen LogP contribution in [-0.4, -0.2) is 16.0 Å². The Hall–Kier alpha value is -3.49. The van der Waals surface area contributed by atoms with Gasteiger partial charge in [0.1, 0.15) is 11.5 Å². The van der Waals surface area contributed by atoms with E-state index >= 15 is 0 Å². The molecule has 0 heterocycles. The van der Waals surface area contributed by atoms with E-state index in [9.17, 15) is 25.0 Å². The fraction of sp³-hybridized carbons (Fsp3) is 0.381. The van der Waals surface area contributed by atoms with Crippen LogP contribution in [0, 0.1) is 20.2 Å². The first-order valence-corrected chi connectivity index (χ1v) is 9.17. The van der Waals surface area contributed by atoms with Gasteiger partial charge >= 0.3 is 6.16 Å². The highest BCUT2D eigenvalue weighted by Gasteiger charge is 2.27. The lowest BCUT2D eigenvalue weighted by molar-refractivity contribution is -0.385. The first-order valence-electron chi connectivity index (χ1n) is 9.17. The Morgan fingerprint density at radius 2 is 1.07 bits per heavy atom. The quantitative estimate of drug-likeness (QED) is 0.272. The predicted molar refractivity (Wildman–Crippen MR) is 110 cm³/mol. The molecule has 0 radical (unpaired) electrons. The van der Waals surface area contributed by atoms with Gasteiger partial charge in [0, 0.05) is 35.4 Å². The summed E-state index contributed by atoms with van der Waals surface area (Å²) in [7, 11) is 0. The molecule has 2 aromatic carbocycles. The van der Waals surface area contributed by atoms with Crippen LogP contribution in [0.15, 0.2) is 36.4 Å². The SMILES string of the molecule is CC(C)(C)c1cc([N+](=O)[O-])ccc1OC(=O)Oc1ccc([N+](=O)[O-])cc1C(C)(C)C. The molecule has 0 aliphatic carbocycles. The van der Waals surface area contributed by atoms with E-state index in [2.05, 4.69) is 0 Å². The topological polar surface area (TPSA) is 122 Å². The van der Waals surface area contributed by atoms with Crippen LogP contribution in [0.3, 0.4) is 0 Å². The molecule has 160 valence electrons. The molecule has 30 heavy (non-hydrogen) atoms. The van der Waals surface area contributed by atoms with Crippen molar-refractivity contribution >= 4 is 17.5 Å². The van der Waals surface area contributed by atoms with E-state index in [1.165, 1.54) is 36.4 Å². The summed E-state index contributed by atoms with van der Waals surface area (Å²) in [5.74, 6) is 0.273. The lowest BCUT2D eigenvalue weighted by atomic mass is 9.86. The molecule has 0 amide bonds. The second kappa shape index (κ2) is 8.10.